The minimum atomic E-state index is -0.199. The van der Waals surface area contributed by atoms with E-state index in [0.29, 0.717) is 22.5 Å². The molecule has 1 aliphatic rings. The van der Waals surface area contributed by atoms with Crippen LogP contribution in [0.3, 0.4) is 0 Å². The summed E-state index contributed by atoms with van der Waals surface area (Å²) in [6, 6.07) is 13.6. The zero-order chi connectivity index (χ0) is 24.5. The predicted molar refractivity (Wildman–Crippen MR) is 137 cm³/mol. The second-order valence-electron chi connectivity index (χ2n) is 8.73. The zero-order valence-electron chi connectivity index (χ0n) is 20.0. The van der Waals surface area contributed by atoms with Gasteiger partial charge in [0.15, 0.2) is 0 Å². The molecule has 0 aliphatic carbocycles. The molecule has 1 amide bonds. The molecule has 1 saturated heterocycles. The Balaban J connectivity index is 1.46. The van der Waals surface area contributed by atoms with Crippen molar-refractivity contribution in [1.82, 2.24) is 14.5 Å². The fourth-order valence-electron chi connectivity index (χ4n) is 4.75. The zero-order valence-corrected chi connectivity index (χ0v) is 20.8. The van der Waals surface area contributed by atoms with Gasteiger partial charge >= 0.3 is 0 Å². The minimum Gasteiger partial charge on any atom is -0.497 e. The van der Waals surface area contributed by atoms with E-state index in [9.17, 15) is 9.59 Å². The Morgan fingerprint density at radius 3 is 2.69 bits per heavy atom. The van der Waals surface area contributed by atoms with Crippen LogP contribution in [0.5, 0.6) is 11.5 Å². The third-order valence-electron chi connectivity index (χ3n) is 6.60. The summed E-state index contributed by atoms with van der Waals surface area (Å²) in [4.78, 5) is 33.9. The van der Waals surface area contributed by atoms with E-state index in [1.807, 2.05) is 59.7 Å². The van der Waals surface area contributed by atoms with Crippen LogP contribution in [0, 0.1) is 6.92 Å². The maximum absolute atomic E-state index is 13.5. The lowest BCUT2D eigenvalue weighted by Gasteiger charge is -2.27. The SMILES string of the molecule is COc1ccc(OC)c([C@@H]2CCCN2C(=O)Cn2cnc3scc(-c4ccc(C)cc4)c3c2=O)c1. The standard InChI is InChI=1S/C27H27N3O4S/c1-17-6-8-18(9-7-17)21-15-35-26-25(21)27(32)29(16-28-26)14-24(31)30-12-4-5-22(30)20-13-19(33-2)10-11-23(20)34-3/h6-11,13,15-16,22H,4-5,12,14H2,1-3H3/t22-/m0/s1. The predicted octanol–water partition coefficient (Wildman–Crippen LogP) is 4.81. The van der Waals surface area contributed by atoms with Crippen LogP contribution in [-0.4, -0.2) is 41.1 Å². The molecule has 7 nitrogen and oxygen atoms in total. The summed E-state index contributed by atoms with van der Waals surface area (Å²) in [5.74, 6) is 1.32. The van der Waals surface area contributed by atoms with Crippen LogP contribution in [-0.2, 0) is 11.3 Å². The average Bonchev–Trinajstić information content (AvgIpc) is 3.54. The van der Waals surface area contributed by atoms with Crippen molar-refractivity contribution >= 4 is 27.5 Å². The molecule has 35 heavy (non-hydrogen) atoms. The van der Waals surface area contributed by atoms with Crippen molar-refractivity contribution in [2.24, 2.45) is 0 Å². The molecular formula is C27H27N3O4S. The Bertz CT molecular complexity index is 1440. The van der Waals surface area contributed by atoms with Gasteiger partial charge in [-0.15, -0.1) is 11.3 Å². The number of amides is 1. The molecule has 0 N–H and O–H groups in total. The Hall–Kier alpha value is -3.65. The fourth-order valence-corrected chi connectivity index (χ4v) is 5.66. The largest absolute Gasteiger partial charge is 0.497 e. The van der Waals surface area contributed by atoms with Gasteiger partial charge in [0.2, 0.25) is 5.91 Å². The Labute approximate surface area is 207 Å². The topological polar surface area (TPSA) is 73.7 Å². The molecule has 3 heterocycles. The molecule has 0 radical (unpaired) electrons. The molecule has 0 bridgehead atoms. The third kappa shape index (κ3) is 4.30. The smallest absolute Gasteiger partial charge is 0.263 e. The van der Waals surface area contributed by atoms with Crippen LogP contribution in [0.15, 0.2) is 59.0 Å². The van der Waals surface area contributed by atoms with Gasteiger partial charge in [-0.05, 0) is 43.5 Å². The molecule has 2 aromatic carbocycles. The second kappa shape index (κ2) is 9.54. The van der Waals surface area contributed by atoms with Crippen molar-refractivity contribution < 1.29 is 14.3 Å². The number of thiophene rings is 1. The highest BCUT2D eigenvalue weighted by molar-refractivity contribution is 7.17. The van der Waals surface area contributed by atoms with Crippen LogP contribution in [0.2, 0.25) is 0 Å². The normalized spacial score (nSPS) is 15.5. The van der Waals surface area contributed by atoms with Crippen LogP contribution in [0.25, 0.3) is 21.3 Å². The average molecular weight is 490 g/mol. The van der Waals surface area contributed by atoms with Crippen LogP contribution in [0.1, 0.15) is 30.0 Å². The number of ether oxygens (including phenoxy) is 2. The quantitative estimate of drug-likeness (QED) is 0.388. The summed E-state index contributed by atoms with van der Waals surface area (Å²) >= 11 is 1.44. The van der Waals surface area contributed by atoms with E-state index in [-0.39, 0.29) is 24.1 Å². The maximum atomic E-state index is 13.5. The highest BCUT2D eigenvalue weighted by Crippen LogP contribution is 2.39. The Morgan fingerprint density at radius 1 is 1.14 bits per heavy atom. The lowest BCUT2D eigenvalue weighted by atomic mass is 10.0. The van der Waals surface area contributed by atoms with Gasteiger partial charge in [0.05, 0.1) is 32.0 Å². The van der Waals surface area contributed by atoms with Gasteiger partial charge in [-0.3, -0.25) is 14.2 Å². The number of fused-ring (bicyclic) bond motifs is 1. The van der Waals surface area contributed by atoms with Gasteiger partial charge in [-0.1, -0.05) is 29.8 Å². The molecule has 0 spiro atoms. The lowest BCUT2D eigenvalue weighted by Crippen LogP contribution is -2.36. The van der Waals surface area contributed by atoms with Crippen molar-refractivity contribution in [2.75, 3.05) is 20.8 Å². The first-order valence-corrected chi connectivity index (χ1v) is 12.4. The molecule has 180 valence electrons. The third-order valence-corrected chi connectivity index (χ3v) is 7.48. The summed E-state index contributed by atoms with van der Waals surface area (Å²) < 4.78 is 12.4. The Morgan fingerprint density at radius 2 is 1.94 bits per heavy atom. The first kappa shape index (κ1) is 23.1. The molecular weight excluding hydrogens is 462 g/mol. The first-order chi connectivity index (χ1) is 17.0. The van der Waals surface area contributed by atoms with Crippen LogP contribution in [0.4, 0.5) is 0 Å². The van der Waals surface area contributed by atoms with Crippen molar-refractivity contribution in [2.45, 2.75) is 32.4 Å². The number of hydrogen-bond acceptors (Lipinski definition) is 6. The molecule has 0 saturated carbocycles. The number of aromatic nitrogens is 2. The number of benzene rings is 2. The maximum Gasteiger partial charge on any atom is 0.263 e. The van der Waals surface area contributed by atoms with Gasteiger partial charge in [0.1, 0.15) is 22.9 Å². The van der Waals surface area contributed by atoms with E-state index in [1.165, 1.54) is 22.2 Å². The number of aryl methyl sites for hydroxylation is 1. The van der Waals surface area contributed by atoms with Gasteiger partial charge in [-0.25, -0.2) is 4.98 Å². The fraction of sp³-hybridized carbons (Fsp3) is 0.296. The number of likely N-dealkylation sites (tertiary alicyclic amines) is 1. The van der Waals surface area contributed by atoms with Crippen molar-refractivity contribution in [3.05, 3.63) is 75.7 Å². The van der Waals surface area contributed by atoms with Gasteiger partial charge in [0, 0.05) is 23.1 Å². The van der Waals surface area contributed by atoms with Crippen molar-refractivity contribution in [1.29, 1.82) is 0 Å². The van der Waals surface area contributed by atoms with E-state index in [0.717, 1.165) is 40.8 Å². The van der Waals surface area contributed by atoms with Crippen LogP contribution >= 0.6 is 11.3 Å². The van der Waals surface area contributed by atoms with E-state index < -0.39 is 0 Å². The number of carbonyl (C=O) groups excluding carboxylic acids is 1. The number of hydrogen-bond donors (Lipinski definition) is 0. The molecule has 8 heteroatoms. The monoisotopic (exact) mass is 489 g/mol. The molecule has 0 unspecified atom stereocenters. The van der Waals surface area contributed by atoms with Gasteiger partial charge < -0.3 is 14.4 Å². The van der Waals surface area contributed by atoms with E-state index >= 15 is 0 Å². The first-order valence-electron chi connectivity index (χ1n) is 11.5. The van der Waals surface area contributed by atoms with Gasteiger partial charge in [-0.2, -0.15) is 0 Å². The number of rotatable bonds is 6. The molecule has 1 fully saturated rings. The van der Waals surface area contributed by atoms with Crippen molar-refractivity contribution in [3.63, 3.8) is 0 Å². The van der Waals surface area contributed by atoms with Crippen molar-refractivity contribution in [3.8, 4) is 22.6 Å². The van der Waals surface area contributed by atoms with E-state index in [4.69, 9.17) is 9.47 Å². The van der Waals surface area contributed by atoms with E-state index in [2.05, 4.69) is 4.98 Å². The van der Waals surface area contributed by atoms with Gasteiger partial charge in [0.25, 0.3) is 5.56 Å². The number of methoxy groups -OCH3 is 2. The highest BCUT2D eigenvalue weighted by Gasteiger charge is 2.32. The van der Waals surface area contributed by atoms with E-state index in [1.54, 1.807) is 14.2 Å². The number of nitrogens with zero attached hydrogens (tertiary/aromatic N) is 3. The summed E-state index contributed by atoms with van der Waals surface area (Å²) in [7, 11) is 3.24. The summed E-state index contributed by atoms with van der Waals surface area (Å²) in [5.41, 5.74) is 3.69. The molecule has 1 atom stereocenters. The molecule has 5 rings (SSSR count). The second-order valence-corrected chi connectivity index (χ2v) is 9.58. The minimum absolute atomic E-state index is 0.0618. The van der Waals surface area contributed by atoms with Crippen LogP contribution < -0.4 is 15.0 Å². The summed E-state index contributed by atoms with van der Waals surface area (Å²) in [6.45, 7) is 2.59. The number of carbonyl (C=O) groups is 1. The molecule has 2 aromatic heterocycles. The highest BCUT2D eigenvalue weighted by atomic mass is 32.1. The summed E-state index contributed by atoms with van der Waals surface area (Å²) in [5, 5.41) is 2.52. The Kier molecular flexibility index (Phi) is 6.30. The summed E-state index contributed by atoms with van der Waals surface area (Å²) in [6.07, 6.45) is 3.18. The molecule has 1 aliphatic heterocycles. The molecule has 4 aromatic rings. The lowest BCUT2D eigenvalue weighted by molar-refractivity contribution is -0.132.